The molecule has 4 rings (SSSR count). The molecule has 2 amide bonds. The monoisotopic (exact) mass is 454 g/mol. The molecule has 9 nitrogen and oxygen atoms in total. The van der Waals surface area contributed by atoms with Crippen molar-refractivity contribution in [1.29, 1.82) is 0 Å². The molecule has 182 valence electrons. The lowest BCUT2D eigenvalue weighted by atomic mass is 9.76. The molecule has 4 aliphatic rings. The first-order valence-electron chi connectivity index (χ1n) is 12.5. The van der Waals surface area contributed by atoms with Crippen molar-refractivity contribution in [3.63, 3.8) is 0 Å². The van der Waals surface area contributed by atoms with Crippen LogP contribution in [0.2, 0.25) is 0 Å². The van der Waals surface area contributed by atoms with Crippen LogP contribution < -0.4 is 32.3 Å². The summed E-state index contributed by atoms with van der Waals surface area (Å²) in [5.74, 6) is 0.975. The maximum absolute atomic E-state index is 13.3. The Bertz CT molecular complexity index is 633. The Morgan fingerprint density at radius 3 is 2.75 bits per heavy atom. The molecule has 6 N–H and O–H groups in total. The summed E-state index contributed by atoms with van der Waals surface area (Å²) in [6.07, 6.45) is 8.45. The van der Waals surface area contributed by atoms with Crippen molar-refractivity contribution in [1.82, 2.24) is 32.3 Å². The van der Waals surface area contributed by atoms with Crippen molar-refractivity contribution >= 4 is 11.8 Å². The number of carbonyl (C=O) groups is 2. The lowest BCUT2D eigenvalue weighted by molar-refractivity contribution is -0.134. The van der Waals surface area contributed by atoms with Gasteiger partial charge in [-0.15, -0.1) is 0 Å². The van der Waals surface area contributed by atoms with Gasteiger partial charge in [0.05, 0.1) is 12.3 Å². The standard InChI is InChI=1S/C22H39FN6O3/c23-15-8-6-14(7-9-15)20-26-19(32-29-20)11-10-18(30)24-12-3-13-25-21-16-4-1-2-5-17(16)22(31)28-27-21/h14-17,19-21,25-27,29H,1-13H2,(H,24,30)(H,28,31). The molecule has 0 aromatic rings. The summed E-state index contributed by atoms with van der Waals surface area (Å²) in [6.45, 7) is 1.39. The van der Waals surface area contributed by atoms with Gasteiger partial charge in [0, 0.05) is 24.8 Å². The second-order valence-corrected chi connectivity index (χ2v) is 9.74. The van der Waals surface area contributed by atoms with Crippen molar-refractivity contribution < 1.29 is 18.8 Å². The van der Waals surface area contributed by atoms with Crippen LogP contribution in [-0.4, -0.2) is 49.6 Å². The molecule has 0 radical (unpaired) electrons. The minimum atomic E-state index is -0.660. The highest BCUT2D eigenvalue weighted by molar-refractivity contribution is 5.79. The first-order chi connectivity index (χ1) is 15.6. The quantitative estimate of drug-likeness (QED) is 0.287. The summed E-state index contributed by atoms with van der Waals surface area (Å²) in [4.78, 5) is 29.8. The molecule has 5 unspecified atom stereocenters. The molecule has 0 aromatic heterocycles. The summed E-state index contributed by atoms with van der Waals surface area (Å²) < 4.78 is 13.3. The van der Waals surface area contributed by atoms with Gasteiger partial charge in [0.2, 0.25) is 11.8 Å². The smallest absolute Gasteiger partial charge is 0.237 e. The average Bonchev–Trinajstić information content (AvgIpc) is 3.28. The summed E-state index contributed by atoms with van der Waals surface area (Å²) >= 11 is 0. The predicted octanol–water partition coefficient (Wildman–Crippen LogP) is 0.934. The van der Waals surface area contributed by atoms with Crippen molar-refractivity contribution in [2.45, 2.75) is 95.4 Å². The predicted molar refractivity (Wildman–Crippen MR) is 117 cm³/mol. The highest BCUT2D eigenvalue weighted by Gasteiger charge is 2.39. The Labute approximate surface area is 189 Å². The number of fused-ring (bicyclic) bond motifs is 1. The summed E-state index contributed by atoms with van der Waals surface area (Å²) in [5, 5.41) is 9.85. The zero-order chi connectivity index (χ0) is 22.3. The van der Waals surface area contributed by atoms with E-state index in [-0.39, 0.29) is 36.3 Å². The van der Waals surface area contributed by atoms with Crippen molar-refractivity contribution in [3.05, 3.63) is 0 Å². The summed E-state index contributed by atoms with van der Waals surface area (Å²) in [5.41, 5.74) is 8.93. The van der Waals surface area contributed by atoms with E-state index in [2.05, 4.69) is 32.3 Å². The van der Waals surface area contributed by atoms with Gasteiger partial charge in [0.25, 0.3) is 0 Å². The molecule has 4 fully saturated rings. The van der Waals surface area contributed by atoms with Gasteiger partial charge in [0.1, 0.15) is 12.4 Å². The Balaban J connectivity index is 1.05. The van der Waals surface area contributed by atoms with Crippen LogP contribution in [0.25, 0.3) is 0 Å². The SMILES string of the molecule is O=C(CCC1NC(C2CCC(F)CC2)NO1)NCCCNC1NNC(=O)C2CCCCC12. The molecule has 0 spiro atoms. The van der Waals surface area contributed by atoms with E-state index < -0.39 is 6.17 Å². The maximum Gasteiger partial charge on any atom is 0.237 e. The van der Waals surface area contributed by atoms with Gasteiger partial charge < -0.3 is 10.6 Å². The number of hydrogen-bond donors (Lipinski definition) is 6. The number of alkyl halides is 1. The Morgan fingerprint density at radius 2 is 1.91 bits per heavy atom. The van der Waals surface area contributed by atoms with Crippen molar-refractivity contribution in [2.24, 2.45) is 17.8 Å². The van der Waals surface area contributed by atoms with Crippen LogP contribution in [0.5, 0.6) is 0 Å². The molecule has 2 saturated carbocycles. The van der Waals surface area contributed by atoms with Crippen LogP contribution >= 0.6 is 0 Å². The normalized spacial score (nSPS) is 37.5. The van der Waals surface area contributed by atoms with Crippen LogP contribution in [-0.2, 0) is 14.4 Å². The number of halogens is 1. The second-order valence-electron chi connectivity index (χ2n) is 9.74. The largest absolute Gasteiger partial charge is 0.356 e. The molecule has 5 atom stereocenters. The van der Waals surface area contributed by atoms with Gasteiger partial charge in [0.15, 0.2) is 0 Å². The van der Waals surface area contributed by atoms with Crippen LogP contribution in [0.3, 0.4) is 0 Å². The van der Waals surface area contributed by atoms with Gasteiger partial charge in [-0.05, 0) is 63.8 Å². The number of carbonyl (C=O) groups excluding carboxylic acids is 2. The van der Waals surface area contributed by atoms with Crippen LogP contribution in [0.1, 0.15) is 70.6 Å². The van der Waals surface area contributed by atoms with Crippen LogP contribution in [0, 0.1) is 17.8 Å². The molecule has 2 aliphatic carbocycles. The molecular formula is C22H39FN6O3. The fourth-order valence-corrected chi connectivity index (χ4v) is 5.57. The molecule has 0 bridgehead atoms. The third-order valence-corrected chi connectivity index (χ3v) is 7.48. The molecule has 2 saturated heterocycles. The molecule has 0 aromatic carbocycles. The molecule has 2 aliphatic heterocycles. The van der Waals surface area contributed by atoms with E-state index in [0.29, 0.717) is 44.1 Å². The fraction of sp³-hybridized carbons (Fsp3) is 0.909. The summed E-state index contributed by atoms with van der Waals surface area (Å²) in [6, 6.07) is 0. The lowest BCUT2D eigenvalue weighted by Crippen LogP contribution is -2.64. The van der Waals surface area contributed by atoms with E-state index in [9.17, 15) is 14.0 Å². The third kappa shape index (κ3) is 6.38. The zero-order valence-electron chi connectivity index (χ0n) is 18.8. The lowest BCUT2D eigenvalue weighted by Gasteiger charge is -2.41. The fourth-order valence-electron chi connectivity index (χ4n) is 5.57. The zero-order valence-corrected chi connectivity index (χ0v) is 18.8. The van der Waals surface area contributed by atoms with Crippen LogP contribution in [0.15, 0.2) is 0 Å². The number of nitrogens with one attached hydrogen (secondary N) is 6. The maximum atomic E-state index is 13.3. The van der Waals surface area contributed by atoms with E-state index >= 15 is 0 Å². The Morgan fingerprint density at radius 1 is 1.09 bits per heavy atom. The van der Waals surface area contributed by atoms with E-state index in [1.807, 2.05) is 0 Å². The molecular weight excluding hydrogens is 415 g/mol. The van der Waals surface area contributed by atoms with E-state index in [4.69, 9.17) is 4.84 Å². The third-order valence-electron chi connectivity index (χ3n) is 7.48. The molecule has 10 heteroatoms. The number of rotatable bonds is 9. The Kier molecular flexibility index (Phi) is 8.70. The average molecular weight is 455 g/mol. The van der Waals surface area contributed by atoms with Gasteiger partial charge in [-0.1, -0.05) is 12.8 Å². The highest BCUT2D eigenvalue weighted by Crippen LogP contribution is 2.33. The second kappa shape index (κ2) is 11.7. The minimum absolute atomic E-state index is 0.0205. The first kappa shape index (κ1) is 23.8. The number of hydrogen-bond acceptors (Lipinski definition) is 7. The Hall–Kier alpha value is -1.33. The number of amides is 2. The van der Waals surface area contributed by atoms with Gasteiger partial charge >= 0.3 is 0 Å². The number of hydrazine groups is 1. The van der Waals surface area contributed by atoms with E-state index in [0.717, 1.165) is 45.1 Å². The van der Waals surface area contributed by atoms with Crippen molar-refractivity contribution in [2.75, 3.05) is 13.1 Å². The van der Waals surface area contributed by atoms with Crippen LogP contribution in [0.4, 0.5) is 4.39 Å². The highest BCUT2D eigenvalue weighted by atomic mass is 19.1. The van der Waals surface area contributed by atoms with Gasteiger partial charge in [-0.3, -0.25) is 25.2 Å². The molecule has 32 heavy (non-hydrogen) atoms. The van der Waals surface area contributed by atoms with E-state index in [1.165, 1.54) is 6.42 Å². The molecule has 2 heterocycles. The minimum Gasteiger partial charge on any atom is -0.356 e. The van der Waals surface area contributed by atoms with Gasteiger partial charge in [-0.25, -0.2) is 9.82 Å². The van der Waals surface area contributed by atoms with E-state index in [1.54, 1.807) is 0 Å². The topological polar surface area (TPSA) is 116 Å². The van der Waals surface area contributed by atoms with Gasteiger partial charge in [-0.2, -0.15) is 5.48 Å². The summed E-state index contributed by atoms with van der Waals surface area (Å²) in [7, 11) is 0. The van der Waals surface area contributed by atoms with Crippen molar-refractivity contribution in [3.8, 4) is 0 Å². The number of hydroxylamine groups is 1. The first-order valence-corrected chi connectivity index (χ1v) is 12.5.